The molecule has 0 saturated carbocycles. The summed E-state index contributed by atoms with van der Waals surface area (Å²) in [5, 5.41) is 21.1. The molecule has 0 unspecified atom stereocenters. The molecule has 10 heteroatoms. The number of hydrogen-bond acceptors (Lipinski definition) is 8. The van der Waals surface area contributed by atoms with Gasteiger partial charge in [0.15, 0.2) is 0 Å². The number of aliphatic hydroxyl groups is 2. The Hall–Kier alpha value is -3.18. The Balaban J connectivity index is 0.000000250. The number of hydrogen-bond donors (Lipinski definition) is 2. The number of nitrogens with zero attached hydrogens (tertiary/aromatic N) is 2. The van der Waals surface area contributed by atoms with Crippen molar-refractivity contribution in [2.75, 3.05) is 26.3 Å². The van der Waals surface area contributed by atoms with Gasteiger partial charge in [-0.2, -0.15) is 0 Å². The number of amides is 2. The van der Waals surface area contributed by atoms with E-state index >= 15 is 0 Å². The second-order valence-corrected chi connectivity index (χ2v) is 14.6. The first-order chi connectivity index (χ1) is 21.4. The van der Waals surface area contributed by atoms with Crippen molar-refractivity contribution in [2.45, 2.75) is 116 Å². The van der Waals surface area contributed by atoms with Gasteiger partial charge in [0.25, 0.3) is 0 Å². The van der Waals surface area contributed by atoms with Gasteiger partial charge in [-0.25, -0.2) is 9.59 Å². The van der Waals surface area contributed by atoms with Gasteiger partial charge in [0.1, 0.15) is 11.2 Å². The first kappa shape index (κ1) is 37.3. The summed E-state index contributed by atoms with van der Waals surface area (Å²) in [5.74, 6) is 0. The SMILES string of the molecule is CC(C)(C)OC(=O)N1CC[C@@](C)(O)[C@@H]1COCc1ccccc1.CC(C)(C)OC(=O)N1CC[C@](C)(O)[C@H]1COCc1ccccc1. The molecule has 2 amide bonds. The third kappa shape index (κ3) is 11.6. The monoisotopic (exact) mass is 642 g/mol. The van der Waals surface area contributed by atoms with E-state index in [2.05, 4.69) is 0 Å². The van der Waals surface area contributed by atoms with E-state index in [1.165, 1.54) is 0 Å². The average Bonchev–Trinajstić information content (AvgIpc) is 3.42. The van der Waals surface area contributed by atoms with Crippen LogP contribution in [0.3, 0.4) is 0 Å². The van der Waals surface area contributed by atoms with Crippen molar-refractivity contribution in [1.82, 2.24) is 9.80 Å². The Bertz CT molecular complexity index is 1140. The molecule has 2 aromatic rings. The van der Waals surface area contributed by atoms with E-state index in [4.69, 9.17) is 18.9 Å². The second-order valence-electron chi connectivity index (χ2n) is 14.6. The predicted octanol–water partition coefficient (Wildman–Crippen LogP) is 5.93. The van der Waals surface area contributed by atoms with E-state index in [1.54, 1.807) is 23.6 Å². The molecule has 2 fully saturated rings. The van der Waals surface area contributed by atoms with Crippen LogP contribution < -0.4 is 0 Å². The lowest BCUT2D eigenvalue weighted by Crippen LogP contribution is -2.49. The van der Waals surface area contributed by atoms with E-state index in [0.29, 0.717) is 39.1 Å². The number of carbonyl (C=O) groups is 2. The van der Waals surface area contributed by atoms with Crippen molar-refractivity contribution in [2.24, 2.45) is 0 Å². The van der Waals surface area contributed by atoms with Crippen LogP contribution in [0, 0.1) is 0 Å². The van der Waals surface area contributed by atoms with Crippen LogP contribution in [0.4, 0.5) is 9.59 Å². The van der Waals surface area contributed by atoms with Crippen LogP contribution in [-0.4, -0.2) is 93.0 Å². The summed E-state index contributed by atoms with van der Waals surface area (Å²) in [5.41, 5.74) is -0.911. The fraction of sp³-hybridized carbons (Fsp3) is 0.611. The van der Waals surface area contributed by atoms with Crippen LogP contribution in [0.2, 0.25) is 0 Å². The molecule has 0 bridgehead atoms. The van der Waals surface area contributed by atoms with Crippen LogP contribution in [0.25, 0.3) is 0 Å². The minimum absolute atomic E-state index is 0.279. The van der Waals surface area contributed by atoms with Gasteiger partial charge in [-0.15, -0.1) is 0 Å². The molecule has 0 aromatic heterocycles. The lowest BCUT2D eigenvalue weighted by atomic mass is 9.98. The van der Waals surface area contributed by atoms with Crippen LogP contribution in [0.15, 0.2) is 60.7 Å². The highest BCUT2D eigenvalue weighted by atomic mass is 16.6. The average molecular weight is 643 g/mol. The van der Waals surface area contributed by atoms with Crippen molar-refractivity contribution < 1.29 is 38.7 Å². The molecule has 46 heavy (non-hydrogen) atoms. The lowest BCUT2D eigenvalue weighted by Gasteiger charge is -2.32. The molecule has 10 nitrogen and oxygen atoms in total. The van der Waals surface area contributed by atoms with E-state index in [1.807, 2.05) is 102 Å². The molecule has 4 atom stereocenters. The summed E-state index contributed by atoms with van der Waals surface area (Å²) in [7, 11) is 0. The third-order valence-corrected chi connectivity index (χ3v) is 7.94. The fourth-order valence-electron chi connectivity index (χ4n) is 5.35. The van der Waals surface area contributed by atoms with Gasteiger partial charge in [0.2, 0.25) is 0 Å². The zero-order valence-electron chi connectivity index (χ0n) is 28.8. The molecule has 0 radical (unpaired) electrons. The maximum atomic E-state index is 12.3. The Morgan fingerprint density at radius 3 is 1.30 bits per heavy atom. The number of likely N-dealkylation sites (tertiary alicyclic amines) is 2. The van der Waals surface area contributed by atoms with Gasteiger partial charge in [-0.05, 0) is 79.4 Å². The standard InChI is InChI=1S/2C18H27NO4/c2*1-17(2,3)23-16(20)19-11-10-18(4,21)15(19)13-22-12-14-8-6-5-7-9-14/h2*5-9,15,21H,10-13H2,1-4H3/t2*15-,18+/m10/s1. The zero-order chi connectivity index (χ0) is 34.2. The molecule has 2 aliphatic heterocycles. The van der Waals surface area contributed by atoms with E-state index in [9.17, 15) is 19.8 Å². The largest absolute Gasteiger partial charge is 0.444 e. The van der Waals surface area contributed by atoms with Gasteiger partial charge < -0.3 is 29.2 Å². The normalized spacial score (nSPS) is 24.7. The first-order valence-corrected chi connectivity index (χ1v) is 16.1. The lowest BCUT2D eigenvalue weighted by molar-refractivity contribution is -0.0389. The summed E-state index contributed by atoms with van der Waals surface area (Å²) in [6, 6.07) is 18.9. The van der Waals surface area contributed by atoms with Crippen molar-refractivity contribution in [3.05, 3.63) is 71.8 Å². The Morgan fingerprint density at radius 2 is 1.00 bits per heavy atom. The predicted molar refractivity (Wildman–Crippen MR) is 176 cm³/mol. The quantitative estimate of drug-likeness (QED) is 0.364. The first-order valence-electron chi connectivity index (χ1n) is 16.1. The fourth-order valence-corrected chi connectivity index (χ4v) is 5.35. The summed E-state index contributed by atoms with van der Waals surface area (Å²) in [6.45, 7) is 16.9. The highest BCUT2D eigenvalue weighted by Crippen LogP contribution is 2.31. The minimum atomic E-state index is -0.965. The number of carbonyl (C=O) groups excluding carboxylic acids is 2. The molecule has 256 valence electrons. The van der Waals surface area contributed by atoms with Gasteiger partial charge >= 0.3 is 12.2 Å². The Kier molecular flexibility index (Phi) is 12.6. The van der Waals surface area contributed by atoms with Crippen molar-refractivity contribution in [3.8, 4) is 0 Å². The Labute approximate surface area is 274 Å². The number of rotatable bonds is 8. The van der Waals surface area contributed by atoms with Gasteiger partial charge in [-0.3, -0.25) is 9.80 Å². The minimum Gasteiger partial charge on any atom is -0.444 e. The molecular formula is C36H54N2O8. The van der Waals surface area contributed by atoms with Gasteiger partial charge in [0, 0.05) is 13.1 Å². The van der Waals surface area contributed by atoms with Crippen molar-refractivity contribution >= 4 is 12.2 Å². The molecule has 0 aliphatic carbocycles. The number of ether oxygens (including phenoxy) is 4. The summed E-state index contributed by atoms with van der Waals surface area (Å²) < 4.78 is 22.3. The molecule has 2 saturated heterocycles. The smallest absolute Gasteiger partial charge is 0.410 e. The molecule has 2 aliphatic rings. The topological polar surface area (TPSA) is 118 Å². The van der Waals surface area contributed by atoms with Crippen LogP contribution in [0.1, 0.15) is 79.4 Å². The molecule has 2 heterocycles. The van der Waals surface area contributed by atoms with Gasteiger partial charge in [-0.1, -0.05) is 60.7 Å². The Morgan fingerprint density at radius 1 is 0.674 bits per heavy atom. The molecule has 4 rings (SSSR count). The van der Waals surface area contributed by atoms with Crippen LogP contribution >= 0.6 is 0 Å². The van der Waals surface area contributed by atoms with E-state index in [0.717, 1.165) is 11.1 Å². The highest BCUT2D eigenvalue weighted by molar-refractivity contribution is 5.70. The molecule has 0 spiro atoms. The van der Waals surface area contributed by atoms with Crippen LogP contribution in [0.5, 0.6) is 0 Å². The highest BCUT2D eigenvalue weighted by Gasteiger charge is 2.47. The summed E-state index contributed by atoms with van der Waals surface area (Å²) >= 11 is 0. The maximum absolute atomic E-state index is 12.3. The van der Waals surface area contributed by atoms with Gasteiger partial charge in [0.05, 0.1) is 49.7 Å². The van der Waals surface area contributed by atoms with Crippen molar-refractivity contribution in [1.29, 1.82) is 0 Å². The van der Waals surface area contributed by atoms with E-state index in [-0.39, 0.29) is 13.2 Å². The second kappa shape index (κ2) is 15.6. The van der Waals surface area contributed by atoms with E-state index < -0.39 is 46.7 Å². The maximum Gasteiger partial charge on any atom is 0.410 e. The zero-order valence-corrected chi connectivity index (χ0v) is 28.8. The summed E-state index contributed by atoms with van der Waals surface area (Å²) in [6.07, 6.45) is 0.240. The van der Waals surface area contributed by atoms with Crippen molar-refractivity contribution in [3.63, 3.8) is 0 Å². The number of benzene rings is 2. The summed E-state index contributed by atoms with van der Waals surface area (Å²) in [4.78, 5) is 27.8. The molecule has 2 aromatic carbocycles. The third-order valence-electron chi connectivity index (χ3n) is 7.94. The molecular weight excluding hydrogens is 588 g/mol. The molecule has 2 N–H and O–H groups in total. The van der Waals surface area contributed by atoms with Crippen LogP contribution in [-0.2, 0) is 32.2 Å².